The Morgan fingerprint density at radius 1 is 1.11 bits per heavy atom. The molecule has 0 spiro atoms. The fourth-order valence-electron chi connectivity index (χ4n) is 4.97. The van der Waals surface area contributed by atoms with Crippen molar-refractivity contribution in [1.29, 1.82) is 0 Å². The number of hydrogen-bond donors (Lipinski definition) is 0. The van der Waals surface area contributed by atoms with Gasteiger partial charge in [0, 0.05) is 23.6 Å². The number of fused-ring (bicyclic) bond motifs is 5. The summed E-state index contributed by atoms with van der Waals surface area (Å²) in [4.78, 5) is 16.1. The molecule has 0 unspecified atom stereocenters. The number of aryl methyl sites for hydroxylation is 2. The van der Waals surface area contributed by atoms with E-state index in [0.717, 1.165) is 50.2 Å². The number of thiophene rings is 1. The first-order valence-electron chi connectivity index (χ1n) is 12.9. The van der Waals surface area contributed by atoms with Gasteiger partial charge >= 0.3 is 0 Å². The molecule has 38 heavy (non-hydrogen) atoms. The fourth-order valence-corrected chi connectivity index (χ4v) is 7.16. The van der Waals surface area contributed by atoms with E-state index in [9.17, 15) is 4.79 Å². The molecule has 1 atom stereocenters. The molecule has 0 aliphatic carbocycles. The highest BCUT2D eigenvalue weighted by molar-refractivity contribution is 7.98. The third-order valence-corrected chi connectivity index (χ3v) is 9.35. The van der Waals surface area contributed by atoms with Crippen LogP contribution in [0.25, 0.3) is 16.0 Å². The minimum atomic E-state index is 0.0180. The van der Waals surface area contributed by atoms with Gasteiger partial charge in [-0.15, -0.1) is 21.5 Å². The largest absolute Gasteiger partial charge is 0.497 e. The zero-order chi connectivity index (χ0) is 26.2. The predicted molar refractivity (Wildman–Crippen MR) is 152 cm³/mol. The quantitative estimate of drug-likeness (QED) is 0.231. The zero-order valence-electron chi connectivity index (χ0n) is 21.7. The SMILES string of the molecule is COc1ccc(CSc2nnc3n(CCc4ccccc4)c(=O)c4c5c(sc4n23)CO[C@H](C(C)C)C5)cc1. The molecule has 0 bridgehead atoms. The van der Waals surface area contributed by atoms with Crippen LogP contribution in [0.5, 0.6) is 5.75 Å². The summed E-state index contributed by atoms with van der Waals surface area (Å²) in [7, 11) is 1.67. The molecule has 3 aromatic heterocycles. The Hall–Kier alpha value is -3.14. The number of thioether (sulfide) groups is 1. The average molecular weight is 547 g/mol. The van der Waals surface area contributed by atoms with Crippen LogP contribution in [0.3, 0.4) is 0 Å². The second-order valence-electron chi connectivity index (χ2n) is 9.93. The highest BCUT2D eigenvalue weighted by Gasteiger charge is 2.29. The first-order valence-corrected chi connectivity index (χ1v) is 14.7. The molecular weight excluding hydrogens is 516 g/mol. The molecule has 0 fully saturated rings. The molecule has 9 heteroatoms. The summed E-state index contributed by atoms with van der Waals surface area (Å²) in [6.07, 6.45) is 1.61. The molecule has 1 aliphatic heterocycles. The molecule has 196 valence electrons. The molecule has 5 aromatic rings. The van der Waals surface area contributed by atoms with E-state index < -0.39 is 0 Å². The van der Waals surface area contributed by atoms with Gasteiger partial charge in [-0.1, -0.05) is 68.1 Å². The van der Waals surface area contributed by atoms with E-state index in [1.807, 2.05) is 34.9 Å². The molecule has 0 saturated heterocycles. The molecule has 7 nitrogen and oxygen atoms in total. The third kappa shape index (κ3) is 4.63. The van der Waals surface area contributed by atoms with Crippen LogP contribution in [0.4, 0.5) is 0 Å². The lowest BCUT2D eigenvalue weighted by Crippen LogP contribution is -2.29. The van der Waals surface area contributed by atoms with Crippen molar-refractivity contribution >= 4 is 39.1 Å². The summed E-state index contributed by atoms with van der Waals surface area (Å²) in [6.45, 7) is 5.43. The second-order valence-corrected chi connectivity index (χ2v) is 12.0. The molecule has 0 radical (unpaired) electrons. The predicted octanol–water partition coefficient (Wildman–Crippen LogP) is 5.75. The topological polar surface area (TPSA) is 70.7 Å². The van der Waals surface area contributed by atoms with E-state index >= 15 is 0 Å². The zero-order valence-corrected chi connectivity index (χ0v) is 23.3. The Balaban J connectivity index is 1.45. The number of benzene rings is 2. The van der Waals surface area contributed by atoms with Crippen molar-refractivity contribution in [2.75, 3.05) is 7.11 Å². The maximum Gasteiger partial charge on any atom is 0.263 e. The van der Waals surface area contributed by atoms with Crippen molar-refractivity contribution in [2.45, 2.75) is 56.9 Å². The Kier molecular flexibility index (Phi) is 6.99. The van der Waals surface area contributed by atoms with Gasteiger partial charge in [0.2, 0.25) is 5.78 Å². The van der Waals surface area contributed by atoms with Crippen LogP contribution in [0.2, 0.25) is 0 Å². The summed E-state index contributed by atoms with van der Waals surface area (Å²) < 4.78 is 15.4. The van der Waals surface area contributed by atoms with Gasteiger partial charge in [0.05, 0.1) is 25.2 Å². The molecule has 4 heterocycles. The fraction of sp³-hybridized carbons (Fsp3) is 0.345. The maximum absolute atomic E-state index is 14.1. The van der Waals surface area contributed by atoms with E-state index in [2.05, 4.69) is 52.7 Å². The van der Waals surface area contributed by atoms with Crippen LogP contribution >= 0.6 is 23.1 Å². The number of nitrogens with zero attached hydrogens (tertiary/aromatic N) is 4. The van der Waals surface area contributed by atoms with Crippen LogP contribution in [-0.2, 0) is 36.5 Å². The average Bonchev–Trinajstić information content (AvgIpc) is 3.54. The molecule has 2 aromatic carbocycles. The summed E-state index contributed by atoms with van der Waals surface area (Å²) in [5.74, 6) is 2.55. The first-order chi connectivity index (χ1) is 18.5. The Morgan fingerprint density at radius 3 is 2.63 bits per heavy atom. The number of aromatic nitrogens is 4. The van der Waals surface area contributed by atoms with Gasteiger partial charge in [0.1, 0.15) is 10.6 Å². The van der Waals surface area contributed by atoms with Gasteiger partial charge in [-0.25, -0.2) is 4.40 Å². The highest BCUT2D eigenvalue weighted by Crippen LogP contribution is 2.37. The van der Waals surface area contributed by atoms with E-state index in [-0.39, 0.29) is 11.7 Å². The number of ether oxygens (including phenoxy) is 2. The third-order valence-electron chi connectivity index (χ3n) is 7.16. The van der Waals surface area contributed by atoms with E-state index in [1.54, 1.807) is 30.2 Å². The summed E-state index contributed by atoms with van der Waals surface area (Å²) >= 11 is 3.27. The Morgan fingerprint density at radius 2 is 1.89 bits per heavy atom. The van der Waals surface area contributed by atoms with Crippen molar-refractivity contribution in [2.24, 2.45) is 5.92 Å². The Labute approximate surface area is 229 Å². The van der Waals surface area contributed by atoms with Crippen molar-refractivity contribution < 1.29 is 9.47 Å². The van der Waals surface area contributed by atoms with Crippen LogP contribution in [0, 0.1) is 5.92 Å². The number of hydrogen-bond acceptors (Lipinski definition) is 7. The minimum absolute atomic E-state index is 0.0180. The van der Waals surface area contributed by atoms with Crippen molar-refractivity contribution in [3.63, 3.8) is 0 Å². The van der Waals surface area contributed by atoms with Crippen LogP contribution in [0.15, 0.2) is 64.5 Å². The van der Waals surface area contributed by atoms with Crippen LogP contribution < -0.4 is 10.3 Å². The van der Waals surface area contributed by atoms with Crippen molar-refractivity contribution in [3.8, 4) is 5.75 Å². The van der Waals surface area contributed by atoms with E-state index in [0.29, 0.717) is 24.8 Å². The second kappa shape index (κ2) is 10.6. The first kappa shape index (κ1) is 25.2. The van der Waals surface area contributed by atoms with Gasteiger partial charge in [-0.3, -0.25) is 9.36 Å². The van der Waals surface area contributed by atoms with Gasteiger partial charge < -0.3 is 9.47 Å². The lowest BCUT2D eigenvalue weighted by Gasteiger charge is -2.26. The summed E-state index contributed by atoms with van der Waals surface area (Å²) in [5, 5.41) is 10.7. The smallest absolute Gasteiger partial charge is 0.263 e. The molecule has 0 saturated carbocycles. The lowest BCUT2D eigenvalue weighted by atomic mass is 9.96. The molecule has 1 aliphatic rings. The lowest BCUT2D eigenvalue weighted by molar-refractivity contribution is 0.00200. The van der Waals surface area contributed by atoms with Gasteiger partial charge in [0.15, 0.2) is 5.16 Å². The standard InChI is InChI=1S/C29H30N4O3S2/c1-18(2)23-15-22-24(16-36-23)38-27-25(22)26(34)32(14-13-19-7-5-4-6-8-19)28-30-31-29(33(27)28)37-17-20-9-11-21(35-3)12-10-20/h4-12,18,23H,13-17H2,1-3H3/t23-/m0/s1. The molecule has 0 amide bonds. The van der Waals surface area contributed by atoms with Crippen LogP contribution in [-0.4, -0.2) is 32.4 Å². The van der Waals surface area contributed by atoms with Gasteiger partial charge in [-0.2, -0.15) is 0 Å². The van der Waals surface area contributed by atoms with Gasteiger partial charge in [-0.05, 0) is 41.2 Å². The van der Waals surface area contributed by atoms with Crippen LogP contribution in [0.1, 0.15) is 35.4 Å². The highest BCUT2D eigenvalue weighted by atomic mass is 32.2. The Bertz CT molecular complexity index is 1640. The number of rotatable bonds is 8. The molecular formula is C29H30N4O3S2. The molecule has 0 N–H and O–H groups in total. The van der Waals surface area contributed by atoms with E-state index in [1.165, 1.54) is 11.1 Å². The summed E-state index contributed by atoms with van der Waals surface area (Å²) in [6, 6.07) is 18.3. The molecule has 6 rings (SSSR count). The maximum atomic E-state index is 14.1. The monoisotopic (exact) mass is 546 g/mol. The van der Waals surface area contributed by atoms with Crippen molar-refractivity contribution in [3.05, 3.63) is 86.5 Å². The summed E-state index contributed by atoms with van der Waals surface area (Å²) in [5.41, 5.74) is 3.51. The van der Waals surface area contributed by atoms with Crippen molar-refractivity contribution in [1.82, 2.24) is 19.2 Å². The van der Waals surface area contributed by atoms with E-state index in [4.69, 9.17) is 9.47 Å². The van der Waals surface area contributed by atoms with Gasteiger partial charge in [0.25, 0.3) is 5.56 Å². The minimum Gasteiger partial charge on any atom is -0.497 e. The normalized spacial score (nSPS) is 15.4. The number of methoxy groups -OCH3 is 1.